The van der Waals surface area contributed by atoms with E-state index in [1.807, 2.05) is 45.8 Å². The minimum absolute atomic E-state index is 0.00286. The first-order valence-corrected chi connectivity index (χ1v) is 12.7. The second-order valence-corrected chi connectivity index (χ2v) is 9.99. The second kappa shape index (κ2) is 9.39. The lowest BCUT2D eigenvalue weighted by Gasteiger charge is -2.43. The molecule has 0 N–H and O–H groups in total. The molecule has 0 saturated carbocycles. The first-order valence-electron chi connectivity index (χ1n) is 12.3. The molecule has 2 bridgehead atoms. The fourth-order valence-corrected chi connectivity index (χ4v) is 5.82. The number of rotatable bonds is 5. The van der Waals surface area contributed by atoms with E-state index in [0.29, 0.717) is 23.9 Å². The molecular weight excluding hydrogens is 495 g/mol. The van der Waals surface area contributed by atoms with Crippen molar-refractivity contribution in [2.45, 2.75) is 37.9 Å². The summed E-state index contributed by atoms with van der Waals surface area (Å²) in [7, 11) is 1.45. The molecule has 5 heterocycles. The molecule has 4 aromatic rings. The van der Waals surface area contributed by atoms with Gasteiger partial charge in [0.15, 0.2) is 11.5 Å². The number of carbonyl (C=O) groups excluding carboxylic acids is 1. The third-order valence-electron chi connectivity index (χ3n) is 7.48. The van der Waals surface area contributed by atoms with Crippen molar-refractivity contribution >= 4 is 23.3 Å². The topological polar surface area (TPSA) is 75.9 Å². The van der Waals surface area contributed by atoms with E-state index in [1.54, 1.807) is 6.20 Å². The molecule has 0 radical (unpaired) electrons. The molecule has 6 rings (SSSR count). The highest BCUT2D eigenvalue weighted by Crippen LogP contribution is 2.38. The van der Waals surface area contributed by atoms with Gasteiger partial charge >= 0.3 is 0 Å². The molecule has 10 heteroatoms. The fourth-order valence-electron chi connectivity index (χ4n) is 5.69. The van der Waals surface area contributed by atoms with E-state index in [-0.39, 0.29) is 35.6 Å². The first kappa shape index (κ1) is 23.8. The number of hydrogen-bond acceptors (Lipinski definition) is 6. The van der Waals surface area contributed by atoms with Gasteiger partial charge in [-0.05, 0) is 44.0 Å². The number of imidazole rings is 1. The standard InChI is InChI=1S/C27H26ClFN6O2/c1-16(25-23(17-4-6-18(28)7-5-17)32-27-30-12-3-13-34(25)27)33-14-19-8-9-20(15-33)35(19)26(36)24-21(29)10-11-22(31-24)37-2/h3-7,10-13,16,19-20H,8-9,14-15H2,1-2H3. The molecular formula is C27H26ClFN6O2. The van der Waals surface area contributed by atoms with Crippen molar-refractivity contribution < 1.29 is 13.9 Å². The van der Waals surface area contributed by atoms with Gasteiger partial charge in [-0.15, -0.1) is 0 Å². The van der Waals surface area contributed by atoms with E-state index < -0.39 is 5.82 Å². The number of fused-ring (bicyclic) bond motifs is 3. The van der Waals surface area contributed by atoms with Gasteiger partial charge in [0.2, 0.25) is 11.7 Å². The van der Waals surface area contributed by atoms with Crippen LogP contribution >= 0.6 is 11.6 Å². The molecule has 190 valence electrons. The van der Waals surface area contributed by atoms with E-state index in [1.165, 1.54) is 19.2 Å². The number of benzene rings is 1. The molecule has 3 aromatic heterocycles. The largest absolute Gasteiger partial charge is 0.481 e. The molecule has 37 heavy (non-hydrogen) atoms. The van der Waals surface area contributed by atoms with Crippen LogP contribution in [-0.2, 0) is 0 Å². The SMILES string of the molecule is COc1ccc(F)c(C(=O)N2C3CCC2CN(C(C)c2c(-c4ccc(Cl)cc4)nc4ncccn24)C3)n1. The van der Waals surface area contributed by atoms with Crippen molar-refractivity contribution in [3.63, 3.8) is 0 Å². The van der Waals surface area contributed by atoms with Crippen LogP contribution in [0.4, 0.5) is 4.39 Å². The number of amides is 1. The maximum Gasteiger partial charge on any atom is 0.276 e. The summed E-state index contributed by atoms with van der Waals surface area (Å²) in [4.78, 5) is 31.1. The van der Waals surface area contributed by atoms with Crippen molar-refractivity contribution in [1.29, 1.82) is 0 Å². The van der Waals surface area contributed by atoms with Gasteiger partial charge in [-0.2, -0.15) is 0 Å². The lowest BCUT2D eigenvalue weighted by Crippen LogP contribution is -2.56. The van der Waals surface area contributed by atoms with Gasteiger partial charge < -0.3 is 9.64 Å². The Labute approximate surface area is 218 Å². The lowest BCUT2D eigenvalue weighted by molar-refractivity contribution is 0.0312. The highest BCUT2D eigenvalue weighted by atomic mass is 35.5. The average molecular weight is 521 g/mol. The smallest absolute Gasteiger partial charge is 0.276 e. The molecule has 0 spiro atoms. The average Bonchev–Trinajstić information content (AvgIpc) is 3.42. The number of nitrogens with zero attached hydrogens (tertiary/aromatic N) is 6. The van der Waals surface area contributed by atoms with E-state index >= 15 is 0 Å². The number of hydrogen-bond donors (Lipinski definition) is 0. The minimum Gasteiger partial charge on any atom is -0.481 e. The molecule has 1 aromatic carbocycles. The summed E-state index contributed by atoms with van der Waals surface area (Å²) in [5.74, 6) is -0.158. The Morgan fingerprint density at radius 2 is 1.84 bits per heavy atom. The minimum atomic E-state index is -0.633. The number of carbonyl (C=O) groups is 1. The van der Waals surface area contributed by atoms with E-state index in [0.717, 1.165) is 29.8 Å². The zero-order valence-corrected chi connectivity index (χ0v) is 21.3. The van der Waals surface area contributed by atoms with Gasteiger partial charge in [0.1, 0.15) is 0 Å². The number of pyridine rings is 1. The highest BCUT2D eigenvalue weighted by molar-refractivity contribution is 6.30. The molecule has 2 saturated heterocycles. The Balaban J connectivity index is 1.31. The number of ether oxygens (including phenoxy) is 1. The Morgan fingerprint density at radius 1 is 1.11 bits per heavy atom. The van der Waals surface area contributed by atoms with Crippen LogP contribution in [0.2, 0.25) is 5.02 Å². The van der Waals surface area contributed by atoms with Gasteiger partial charge in [-0.3, -0.25) is 14.1 Å². The van der Waals surface area contributed by atoms with E-state index in [2.05, 4.69) is 21.8 Å². The predicted octanol–water partition coefficient (Wildman–Crippen LogP) is 4.64. The van der Waals surface area contributed by atoms with Crippen LogP contribution in [-0.4, -0.2) is 67.3 Å². The summed E-state index contributed by atoms with van der Waals surface area (Å²) in [6, 6.07) is 12.1. The maximum atomic E-state index is 14.6. The number of methoxy groups -OCH3 is 1. The third-order valence-corrected chi connectivity index (χ3v) is 7.73. The molecule has 3 atom stereocenters. The predicted molar refractivity (Wildman–Crippen MR) is 137 cm³/mol. The third kappa shape index (κ3) is 4.12. The summed E-state index contributed by atoms with van der Waals surface area (Å²) in [5.41, 5.74) is 2.67. The summed E-state index contributed by atoms with van der Waals surface area (Å²) in [5, 5.41) is 0.666. The molecule has 1 amide bonds. The van der Waals surface area contributed by atoms with E-state index in [9.17, 15) is 9.18 Å². The van der Waals surface area contributed by atoms with Crippen LogP contribution in [0.25, 0.3) is 17.0 Å². The highest BCUT2D eigenvalue weighted by Gasteiger charge is 2.45. The molecule has 0 aliphatic carbocycles. The number of aromatic nitrogens is 4. The van der Waals surface area contributed by atoms with Crippen molar-refractivity contribution in [1.82, 2.24) is 29.2 Å². The normalized spacial score (nSPS) is 20.4. The lowest BCUT2D eigenvalue weighted by atomic mass is 10.0. The molecule has 8 nitrogen and oxygen atoms in total. The Bertz CT molecular complexity index is 1460. The number of likely N-dealkylation sites (tertiary alicyclic amines) is 1. The Kier molecular flexibility index (Phi) is 6.04. The van der Waals surface area contributed by atoms with Crippen LogP contribution in [0, 0.1) is 5.82 Å². The Hall–Kier alpha value is -3.56. The zero-order valence-electron chi connectivity index (χ0n) is 20.5. The van der Waals surface area contributed by atoms with Crippen molar-refractivity contribution in [2.75, 3.05) is 20.2 Å². The first-order chi connectivity index (χ1) is 17.9. The van der Waals surface area contributed by atoms with Crippen molar-refractivity contribution in [3.8, 4) is 17.1 Å². The van der Waals surface area contributed by atoms with Gasteiger partial charge in [0, 0.05) is 54.2 Å². The quantitative estimate of drug-likeness (QED) is 0.381. The molecule has 2 fully saturated rings. The monoisotopic (exact) mass is 520 g/mol. The zero-order chi connectivity index (χ0) is 25.7. The molecule has 3 unspecified atom stereocenters. The number of piperazine rings is 1. The van der Waals surface area contributed by atoms with Crippen LogP contribution in [0.3, 0.4) is 0 Å². The van der Waals surface area contributed by atoms with E-state index in [4.69, 9.17) is 21.3 Å². The summed E-state index contributed by atoms with van der Waals surface area (Å²) in [6.45, 7) is 3.50. The van der Waals surface area contributed by atoms with Crippen LogP contribution in [0.1, 0.15) is 42.0 Å². The van der Waals surface area contributed by atoms with Gasteiger partial charge in [0.25, 0.3) is 5.91 Å². The van der Waals surface area contributed by atoms with Crippen molar-refractivity contribution in [3.05, 3.63) is 77.1 Å². The summed E-state index contributed by atoms with van der Waals surface area (Å²) >= 11 is 6.14. The van der Waals surface area contributed by atoms with Crippen molar-refractivity contribution in [2.24, 2.45) is 0 Å². The van der Waals surface area contributed by atoms with Crippen LogP contribution < -0.4 is 4.74 Å². The van der Waals surface area contributed by atoms with Crippen LogP contribution in [0.15, 0.2) is 54.9 Å². The fraction of sp³-hybridized carbons (Fsp3) is 0.333. The Morgan fingerprint density at radius 3 is 2.54 bits per heavy atom. The van der Waals surface area contributed by atoms with Crippen LogP contribution in [0.5, 0.6) is 5.88 Å². The van der Waals surface area contributed by atoms with Gasteiger partial charge in [0.05, 0.1) is 24.5 Å². The molecule has 2 aliphatic rings. The maximum absolute atomic E-state index is 14.6. The summed E-state index contributed by atoms with van der Waals surface area (Å²) in [6.07, 6.45) is 5.44. The molecule has 2 aliphatic heterocycles. The van der Waals surface area contributed by atoms with Gasteiger partial charge in [-0.25, -0.2) is 19.3 Å². The van der Waals surface area contributed by atoms with Gasteiger partial charge in [-0.1, -0.05) is 23.7 Å². The second-order valence-electron chi connectivity index (χ2n) is 9.55. The summed E-state index contributed by atoms with van der Waals surface area (Å²) < 4.78 is 21.7. The number of halogens is 2.